The van der Waals surface area contributed by atoms with Crippen LogP contribution in [0.25, 0.3) is 0 Å². The molecule has 3 nitrogen and oxygen atoms in total. The lowest BCUT2D eigenvalue weighted by Gasteiger charge is -2.27. The van der Waals surface area contributed by atoms with E-state index in [2.05, 4.69) is 6.92 Å². The van der Waals surface area contributed by atoms with E-state index in [9.17, 15) is 5.11 Å². The summed E-state index contributed by atoms with van der Waals surface area (Å²) in [5.74, 6) is 1.82. The first-order chi connectivity index (χ1) is 6.60. The van der Waals surface area contributed by atoms with E-state index in [1.165, 1.54) is 0 Å². The van der Waals surface area contributed by atoms with Gasteiger partial charge in [0.2, 0.25) is 0 Å². The number of rotatable bonds is 3. The quantitative estimate of drug-likeness (QED) is 0.750. The van der Waals surface area contributed by atoms with E-state index in [4.69, 9.17) is 9.47 Å². The molecule has 3 atom stereocenters. The van der Waals surface area contributed by atoms with Gasteiger partial charge in [0.25, 0.3) is 0 Å². The minimum Gasteiger partial charge on any atom is -0.493 e. The molecule has 0 bridgehead atoms. The number of methoxy groups -OCH3 is 2. The topological polar surface area (TPSA) is 38.7 Å². The molecule has 3 unspecified atom stereocenters. The highest BCUT2D eigenvalue weighted by Crippen LogP contribution is 2.30. The molecular weight excluding hydrogens is 180 g/mol. The van der Waals surface area contributed by atoms with Gasteiger partial charge in [-0.15, -0.1) is 0 Å². The van der Waals surface area contributed by atoms with Gasteiger partial charge in [-0.25, -0.2) is 0 Å². The zero-order chi connectivity index (χ0) is 10.7. The Balaban J connectivity index is 2.90. The van der Waals surface area contributed by atoms with Crippen LogP contribution in [-0.2, 0) is 9.47 Å². The Labute approximate surface area is 85.0 Å². The van der Waals surface area contributed by atoms with Gasteiger partial charge in [0.15, 0.2) is 11.5 Å². The molecule has 0 saturated heterocycles. The molecule has 0 aromatic heterocycles. The third-order valence-corrected chi connectivity index (χ3v) is 2.60. The molecule has 1 N–H and O–H groups in total. The maximum absolute atomic E-state index is 9.55. The van der Waals surface area contributed by atoms with Gasteiger partial charge in [0.05, 0.1) is 20.3 Å². The molecule has 3 heteroatoms. The molecule has 0 amide bonds. The van der Waals surface area contributed by atoms with E-state index in [0.29, 0.717) is 5.76 Å². The molecule has 0 fully saturated rings. The fraction of sp³-hybridized carbons (Fsp3) is 0.636. The number of aliphatic hydroxyl groups excluding tert-OH is 1. The fourth-order valence-corrected chi connectivity index (χ4v) is 1.76. The normalized spacial score (nSPS) is 28.9. The van der Waals surface area contributed by atoms with Gasteiger partial charge in [-0.05, 0) is 25.0 Å². The lowest BCUT2D eigenvalue weighted by Crippen LogP contribution is -2.25. The number of aliphatic hydroxyl groups is 1. The molecule has 0 aliphatic heterocycles. The van der Waals surface area contributed by atoms with Crippen LogP contribution in [0.4, 0.5) is 0 Å². The van der Waals surface area contributed by atoms with E-state index in [1.807, 2.05) is 12.2 Å². The van der Waals surface area contributed by atoms with Gasteiger partial charge >= 0.3 is 0 Å². The van der Waals surface area contributed by atoms with Crippen molar-refractivity contribution < 1.29 is 14.6 Å². The Morgan fingerprint density at radius 3 is 2.14 bits per heavy atom. The summed E-state index contributed by atoms with van der Waals surface area (Å²) in [5.41, 5.74) is 0. The first kappa shape index (κ1) is 11.1. The van der Waals surface area contributed by atoms with Gasteiger partial charge < -0.3 is 14.6 Å². The summed E-state index contributed by atoms with van der Waals surface area (Å²) in [5, 5.41) is 9.55. The fourth-order valence-electron chi connectivity index (χ4n) is 1.76. The van der Waals surface area contributed by atoms with Crippen LogP contribution >= 0.6 is 0 Å². The maximum Gasteiger partial charge on any atom is 0.156 e. The van der Waals surface area contributed by atoms with Crippen molar-refractivity contribution in [3.05, 3.63) is 23.7 Å². The molecule has 1 rings (SSSR count). The molecule has 80 valence electrons. The van der Waals surface area contributed by atoms with Crippen molar-refractivity contribution in [3.63, 3.8) is 0 Å². The van der Waals surface area contributed by atoms with Crippen molar-refractivity contribution in [2.75, 3.05) is 14.2 Å². The van der Waals surface area contributed by atoms with Crippen molar-refractivity contribution in [2.24, 2.45) is 11.8 Å². The van der Waals surface area contributed by atoms with Crippen LogP contribution in [0, 0.1) is 11.8 Å². The van der Waals surface area contributed by atoms with Gasteiger partial charge in [-0.2, -0.15) is 0 Å². The predicted molar refractivity (Wildman–Crippen MR) is 54.5 cm³/mol. The van der Waals surface area contributed by atoms with Crippen LogP contribution in [0.1, 0.15) is 13.8 Å². The number of allylic oxidation sites excluding steroid dienone is 1. The number of hydrogen-bond donors (Lipinski definition) is 1. The molecule has 0 radical (unpaired) electrons. The Kier molecular flexibility index (Phi) is 3.58. The molecular formula is C11H18O3. The standard InChI is InChI=1S/C11H18O3/c1-7-5-10(13-3)11(14-4)6-9(7)8(2)12/h5-9,12H,1-4H3. The second kappa shape index (κ2) is 4.51. The summed E-state index contributed by atoms with van der Waals surface area (Å²) < 4.78 is 10.4. The molecule has 0 heterocycles. The van der Waals surface area contributed by atoms with Crippen LogP contribution < -0.4 is 0 Å². The molecule has 0 spiro atoms. The summed E-state index contributed by atoms with van der Waals surface area (Å²) in [7, 11) is 3.22. The van der Waals surface area contributed by atoms with Gasteiger partial charge in [0.1, 0.15) is 0 Å². The summed E-state index contributed by atoms with van der Waals surface area (Å²) in [6, 6.07) is 0. The highest BCUT2D eigenvalue weighted by Gasteiger charge is 2.26. The Bertz CT molecular complexity index is 253. The van der Waals surface area contributed by atoms with Crippen molar-refractivity contribution in [1.29, 1.82) is 0 Å². The molecule has 0 aromatic rings. The van der Waals surface area contributed by atoms with Crippen molar-refractivity contribution in [2.45, 2.75) is 20.0 Å². The van der Waals surface area contributed by atoms with Crippen molar-refractivity contribution in [1.82, 2.24) is 0 Å². The third kappa shape index (κ3) is 2.10. The van der Waals surface area contributed by atoms with E-state index >= 15 is 0 Å². The lowest BCUT2D eigenvalue weighted by molar-refractivity contribution is 0.119. The summed E-state index contributed by atoms with van der Waals surface area (Å²) in [6.07, 6.45) is 3.54. The molecule has 0 aromatic carbocycles. The van der Waals surface area contributed by atoms with E-state index < -0.39 is 0 Å². The minimum atomic E-state index is -0.371. The number of hydrogen-bond acceptors (Lipinski definition) is 3. The zero-order valence-corrected chi connectivity index (χ0v) is 9.15. The summed E-state index contributed by atoms with van der Waals surface area (Å²) >= 11 is 0. The van der Waals surface area contributed by atoms with E-state index in [1.54, 1.807) is 21.1 Å². The highest BCUT2D eigenvalue weighted by molar-refractivity contribution is 5.27. The van der Waals surface area contributed by atoms with Crippen LogP contribution in [-0.4, -0.2) is 25.4 Å². The minimum absolute atomic E-state index is 0.101. The van der Waals surface area contributed by atoms with Crippen LogP contribution in [0.15, 0.2) is 23.7 Å². The Morgan fingerprint density at radius 1 is 1.21 bits per heavy atom. The summed E-state index contributed by atoms with van der Waals surface area (Å²) in [4.78, 5) is 0. The maximum atomic E-state index is 9.55. The summed E-state index contributed by atoms with van der Waals surface area (Å²) in [6.45, 7) is 3.84. The van der Waals surface area contributed by atoms with Crippen LogP contribution in [0.2, 0.25) is 0 Å². The van der Waals surface area contributed by atoms with Gasteiger partial charge in [-0.3, -0.25) is 0 Å². The second-order valence-corrected chi connectivity index (χ2v) is 3.65. The average molecular weight is 198 g/mol. The van der Waals surface area contributed by atoms with E-state index in [0.717, 1.165) is 5.76 Å². The largest absolute Gasteiger partial charge is 0.493 e. The van der Waals surface area contributed by atoms with Crippen LogP contribution in [0.3, 0.4) is 0 Å². The third-order valence-electron chi connectivity index (χ3n) is 2.60. The molecule has 1 aliphatic carbocycles. The first-order valence-corrected chi connectivity index (χ1v) is 4.80. The Morgan fingerprint density at radius 2 is 1.71 bits per heavy atom. The van der Waals surface area contributed by atoms with Gasteiger partial charge in [0, 0.05) is 5.92 Å². The first-order valence-electron chi connectivity index (χ1n) is 4.80. The second-order valence-electron chi connectivity index (χ2n) is 3.65. The smallest absolute Gasteiger partial charge is 0.156 e. The Hall–Kier alpha value is -0.960. The predicted octanol–water partition coefficient (Wildman–Crippen LogP) is 1.69. The monoisotopic (exact) mass is 198 g/mol. The highest BCUT2D eigenvalue weighted by atomic mass is 16.5. The van der Waals surface area contributed by atoms with Crippen molar-refractivity contribution >= 4 is 0 Å². The lowest BCUT2D eigenvalue weighted by atomic mass is 9.85. The van der Waals surface area contributed by atoms with E-state index in [-0.39, 0.29) is 17.9 Å². The van der Waals surface area contributed by atoms with Crippen molar-refractivity contribution in [3.8, 4) is 0 Å². The average Bonchev–Trinajstić information content (AvgIpc) is 2.16. The van der Waals surface area contributed by atoms with Crippen LogP contribution in [0.5, 0.6) is 0 Å². The number of ether oxygens (including phenoxy) is 2. The van der Waals surface area contributed by atoms with Gasteiger partial charge in [-0.1, -0.05) is 6.92 Å². The molecule has 1 aliphatic rings. The SMILES string of the molecule is COC1=CC(C)C(C(C)O)C=C1OC. The molecule has 14 heavy (non-hydrogen) atoms. The zero-order valence-electron chi connectivity index (χ0n) is 9.15. The molecule has 0 saturated carbocycles.